The molecule has 0 fully saturated rings. The summed E-state index contributed by atoms with van der Waals surface area (Å²) < 4.78 is 8.86. The second-order valence-corrected chi connectivity index (χ2v) is 8.04. The summed E-state index contributed by atoms with van der Waals surface area (Å²) in [6, 6.07) is 14.2. The summed E-state index contributed by atoms with van der Waals surface area (Å²) in [5.41, 5.74) is 3.90. The molecule has 0 amide bonds. The van der Waals surface area contributed by atoms with Gasteiger partial charge in [-0.1, -0.05) is 44.2 Å². The van der Waals surface area contributed by atoms with Crippen molar-refractivity contribution in [3.05, 3.63) is 46.9 Å². The molecule has 0 bridgehead atoms. The molecule has 24 heavy (non-hydrogen) atoms. The highest BCUT2D eigenvalue weighted by Crippen LogP contribution is 2.36. The van der Waals surface area contributed by atoms with Crippen LogP contribution in [0.2, 0.25) is 0 Å². The zero-order valence-corrected chi connectivity index (χ0v) is 15.5. The lowest BCUT2D eigenvalue weighted by Crippen LogP contribution is -2.16. The fourth-order valence-corrected chi connectivity index (χ4v) is 3.49. The van der Waals surface area contributed by atoms with Crippen LogP contribution in [0.3, 0.4) is 0 Å². The van der Waals surface area contributed by atoms with Gasteiger partial charge in [-0.3, -0.25) is 0 Å². The summed E-state index contributed by atoms with van der Waals surface area (Å²) in [6.07, 6.45) is 0. The van der Waals surface area contributed by atoms with Crippen molar-refractivity contribution >= 4 is 37.9 Å². The van der Waals surface area contributed by atoms with Crippen molar-refractivity contribution in [3.63, 3.8) is 0 Å². The van der Waals surface area contributed by atoms with Crippen molar-refractivity contribution in [2.24, 2.45) is 5.41 Å². The molecule has 5 heteroatoms. The number of nitrogens with zero attached hydrogens (tertiary/aromatic N) is 3. The first-order valence-electron chi connectivity index (χ1n) is 7.93. The van der Waals surface area contributed by atoms with E-state index in [4.69, 9.17) is 4.42 Å². The molecular weight excluding hydrogens is 366 g/mol. The van der Waals surface area contributed by atoms with Crippen molar-refractivity contribution in [2.45, 2.75) is 27.3 Å². The van der Waals surface area contributed by atoms with Crippen molar-refractivity contribution < 1.29 is 4.42 Å². The number of rotatable bonds is 2. The molecule has 4 nitrogen and oxygen atoms in total. The number of hydrogen-bond acceptors (Lipinski definition) is 3. The Balaban J connectivity index is 1.84. The lowest BCUT2D eigenvalue weighted by molar-refractivity contribution is 0.327. The van der Waals surface area contributed by atoms with Gasteiger partial charge in [0.2, 0.25) is 0 Å². The van der Waals surface area contributed by atoms with E-state index < -0.39 is 0 Å². The maximum Gasteiger partial charge on any atom is 0.136 e. The predicted octanol–water partition coefficient (Wildman–Crippen LogP) is 5.65. The molecule has 0 aliphatic carbocycles. The average Bonchev–Trinajstić information content (AvgIpc) is 3.10. The molecule has 4 aromatic rings. The SMILES string of the molecule is CC(C)(C)Cn1nnc2c(Br)c(-c3cc4ccccc4o3)ccc21. The molecule has 0 atom stereocenters. The Kier molecular flexibility index (Phi) is 3.49. The highest BCUT2D eigenvalue weighted by atomic mass is 79.9. The van der Waals surface area contributed by atoms with Crippen molar-refractivity contribution in [1.82, 2.24) is 15.0 Å². The van der Waals surface area contributed by atoms with Gasteiger partial charge in [0.1, 0.15) is 16.9 Å². The number of para-hydroxylation sites is 1. The van der Waals surface area contributed by atoms with Crippen LogP contribution in [-0.2, 0) is 6.54 Å². The number of benzene rings is 2. The number of halogens is 1. The van der Waals surface area contributed by atoms with Crippen LogP contribution in [0.15, 0.2) is 51.4 Å². The molecule has 122 valence electrons. The highest BCUT2D eigenvalue weighted by Gasteiger charge is 2.18. The Bertz CT molecular complexity index is 1010. The van der Waals surface area contributed by atoms with Crippen LogP contribution in [0, 0.1) is 5.41 Å². The van der Waals surface area contributed by atoms with E-state index in [9.17, 15) is 0 Å². The fourth-order valence-electron chi connectivity index (χ4n) is 2.88. The predicted molar refractivity (Wildman–Crippen MR) is 99.9 cm³/mol. The smallest absolute Gasteiger partial charge is 0.136 e. The van der Waals surface area contributed by atoms with Crippen molar-refractivity contribution in [3.8, 4) is 11.3 Å². The Morgan fingerprint density at radius 1 is 1.12 bits per heavy atom. The largest absolute Gasteiger partial charge is 0.456 e. The molecule has 0 saturated heterocycles. The van der Waals surface area contributed by atoms with E-state index in [1.165, 1.54) is 0 Å². The molecule has 0 N–H and O–H groups in total. The minimum Gasteiger partial charge on any atom is -0.456 e. The van der Waals surface area contributed by atoms with Crippen LogP contribution >= 0.6 is 15.9 Å². The number of aromatic nitrogens is 3. The van der Waals surface area contributed by atoms with Gasteiger partial charge in [-0.05, 0) is 45.6 Å². The molecule has 0 saturated carbocycles. The third kappa shape index (κ3) is 2.63. The van der Waals surface area contributed by atoms with Crippen molar-refractivity contribution in [2.75, 3.05) is 0 Å². The summed E-state index contributed by atoms with van der Waals surface area (Å²) >= 11 is 3.69. The normalized spacial score (nSPS) is 12.3. The minimum absolute atomic E-state index is 0.143. The average molecular weight is 384 g/mol. The molecular formula is C19H18BrN3O. The molecule has 0 spiro atoms. The first kappa shape index (κ1) is 15.4. The molecule has 0 aliphatic heterocycles. The van der Waals surface area contributed by atoms with Gasteiger partial charge >= 0.3 is 0 Å². The van der Waals surface area contributed by atoms with E-state index in [0.29, 0.717) is 0 Å². The number of hydrogen-bond donors (Lipinski definition) is 0. The summed E-state index contributed by atoms with van der Waals surface area (Å²) in [5, 5.41) is 9.79. The maximum absolute atomic E-state index is 5.99. The van der Waals surface area contributed by atoms with Crippen LogP contribution < -0.4 is 0 Å². The molecule has 0 radical (unpaired) electrons. The van der Waals surface area contributed by atoms with E-state index in [1.807, 2.05) is 28.9 Å². The third-order valence-electron chi connectivity index (χ3n) is 3.94. The second-order valence-electron chi connectivity index (χ2n) is 7.25. The molecule has 2 heterocycles. The first-order valence-corrected chi connectivity index (χ1v) is 8.72. The van der Waals surface area contributed by atoms with Gasteiger partial charge in [0.05, 0.1) is 9.99 Å². The van der Waals surface area contributed by atoms with Crippen LogP contribution in [0.25, 0.3) is 33.3 Å². The van der Waals surface area contributed by atoms with E-state index >= 15 is 0 Å². The summed E-state index contributed by atoms with van der Waals surface area (Å²) in [7, 11) is 0. The minimum atomic E-state index is 0.143. The monoisotopic (exact) mass is 383 g/mol. The standard InChI is InChI=1S/C19H18BrN3O/c1-19(2,3)11-23-14-9-8-13(17(20)18(14)21-22-23)16-10-12-6-4-5-7-15(12)24-16/h4-10H,11H2,1-3H3. The van der Waals surface area contributed by atoms with Gasteiger partial charge in [-0.15, -0.1) is 5.10 Å². The topological polar surface area (TPSA) is 43.9 Å². The van der Waals surface area contributed by atoms with E-state index in [1.54, 1.807) is 0 Å². The summed E-state index contributed by atoms with van der Waals surface area (Å²) in [5.74, 6) is 0.829. The van der Waals surface area contributed by atoms with Crippen molar-refractivity contribution in [1.29, 1.82) is 0 Å². The van der Waals surface area contributed by atoms with Gasteiger partial charge in [-0.25, -0.2) is 4.68 Å². The van der Waals surface area contributed by atoms with Gasteiger partial charge < -0.3 is 4.42 Å². The number of furan rings is 1. The van der Waals surface area contributed by atoms with Crippen LogP contribution in [0.1, 0.15) is 20.8 Å². The van der Waals surface area contributed by atoms with Gasteiger partial charge in [-0.2, -0.15) is 0 Å². The second kappa shape index (κ2) is 5.45. The zero-order valence-electron chi connectivity index (χ0n) is 13.9. The summed E-state index contributed by atoms with van der Waals surface area (Å²) in [4.78, 5) is 0. The van der Waals surface area contributed by atoms with Gasteiger partial charge in [0, 0.05) is 17.5 Å². The Morgan fingerprint density at radius 3 is 2.67 bits per heavy atom. The lowest BCUT2D eigenvalue weighted by atomic mass is 9.97. The van der Waals surface area contributed by atoms with E-state index in [-0.39, 0.29) is 5.41 Å². The Morgan fingerprint density at radius 2 is 1.92 bits per heavy atom. The molecule has 0 unspecified atom stereocenters. The van der Waals surface area contributed by atoms with E-state index in [0.717, 1.165) is 44.3 Å². The molecule has 2 aromatic carbocycles. The maximum atomic E-state index is 5.99. The highest BCUT2D eigenvalue weighted by molar-refractivity contribution is 9.10. The zero-order chi connectivity index (χ0) is 16.9. The number of fused-ring (bicyclic) bond motifs is 2. The van der Waals surface area contributed by atoms with Gasteiger partial charge in [0.25, 0.3) is 0 Å². The molecule has 4 rings (SSSR count). The molecule has 0 aliphatic rings. The lowest BCUT2D eigenvalue weighted by Gasteiger charge is -2.17. The Labute approximate surface area is 148 Å². The van der Waals surface area contributed by atoms with E-state index in [2.05, 4.69) is 65.2 Å². The quantitative estimate of drug-likeness (QED) is 0.448. The van der Waals surface area contributed by atoms with Crippen LogP contribution in [0.5, 0.6) is 0 Å². The third-order valence-corrected chi connectivity index (χ3v) is 4.74. The molecule has 2 aromatic heterocycles. The Hall–Kier alpha value is -2.14. The van der Waals surface area contributed by atoms with Crippen LogP contribution in [0.4, 0.5) is 0 Å². The van der Waals surface area contributed by atoms with Gasteiger partial charge in [0.15, 0.2) is 0 Å². The van der Waals surface area contributed by atoms with Crippen LogP contribution in [-0.4, -0.2) is 15.0 Å². The summed E-state index contributed by atoms with van der Waals surface area (Å²) in [6.45, 7) is 7.40. The first-order chi connectivity index (χ1) is 11.4. The fraction of sp³-hybridized carbons (Fsp3) is 0.263.